The van der Waals surface area contributed by atoms with Gasteiger partial charge in [0.05, 0.1) is 7.11 Å². The van der Waals surface area contributed by atoms with Gasteiger partial charge >= 0.3 is 0 Å². The molecule has 16 heavy (non-hydrogen) atoms. The Morgan fingerprint density at radius 2 is 2.06 bits per heavy atom. The van der Waals surface area contributed by atoms with Crippen molar-refractivity contribution < 1.29 is 4.74 Å². The molecule has 0 heterocycles. The number of hydrogen-bond donors (Lipinski definition) is 2. The third-order valence-electron chi connectivity index (χ3n) is 2.25. The van der Waals surface area contributed by atoms with Crippen LogP contribution in [-0.4, -0.2) is 20.2 Å². The zero-order valence-electron chi connectivity index (χ0n) is 9.99. The summed E-state index contributed by atoms with van der Waals surface area (Å²) in [4.78, 5) is 0. The minimum atomic E-state index is 0.640. The van der Waals surface area contributed by atoms with E-state index in [4.69, 9.17) is 10.5 Å². The second-order valence-corrected chi connectivity index (χ2v) is 3.47. The predicted molar refractivity (Wildman–Crippen MR) is 69.3 cm³/mol. The van der Waals surface area contributed by atoms with Gasteiger partial charge in [0.25, 0.3) is 0 Å². The van der Waals surface area contributed by atoms with Gasteiger partial charge < -0.3 is 15.8 Å². The van der Waals surface area contributed by atoms with Gasteiger partial charge in [0.1, 0.15) is 5.76 Å². The Morgan fingerprint density at radius 1 is 1.38 bits per heavy atom. The average molecular weight is 220 g/mol. The van der Waals surface area contributed by atoms with Gasteiger partial charge in [0.2, 0.25) is 0 Å². The van der Waals surface area contributed by atoms with Crippen molar-refractivity contribution in [2.45, 2.75) is 13.3 Å². The first-order valence-corrected chi connectivity index (χ1v) is 5.60. The fraction of sp³-hybridized carbons (Fsp3) is 0.385. The second-order valence-electron chi connectivity index (χ2n) is 3.47. The highest BCUT2D eigenvalue weighted by atomic mass is 16.5. The van der Waals surface area contributed by atoms with E-state index < -0.39 is 0 Å². The van der Waals surface area contributed by atoms with Crippen LogP contribution in [-0.2, 0) is 4.74 Å². The summed E-state index contributed by atoms with van der Waals surface area (Å²) in [6, 6.07) is 8.16. The molecule has 0 unspecified atom stereocenters. The number of ether oxygens (including phenoxy) is 1. The van der Waals surface area contributed by atoms with Crippen molar-refractivity contribution in [3.05, 3.63) is 35.9 Å². The van der Waals surface area contributed by atoms with E-state index in [9.17, 15) is 0 Å². The molecule has 0 fully saturated rings. The minimum Gasteiger partial charge on any atom is -0.496 e. The molecule has 0 saturated heterocycles. The maximum absolute atomic E-state index is 5.42. The van der Waals surface area contributed by atoms with E-state index in [1.165, 1.54) is 0 Å². The highest BCUT2D eigenvalue weighted by Gasteiger charge is 2.00. The van der Waals surface area contributed by atoms with Gasteiger partial charge in [0, 0.05) is 24.3 Å². The van der Waals surface area contributed by atoms with E-state index >= 15 is 0 Å². The number of benzene rings is 1. The van der Waals surface area contributed by atoms with Gasteiger partial charge in [0.15, 0.2) is 0 Å². The largest absolute Gasteiger partial charge is 0.496 e. The zero-order valence-corrected chi connectivity index (χ0v) is 9.99. The summed E-state index contributed by atoms with van der Waals surface area (Å²) in [5.41, 5.74) is 7.61. The number of anilines is 1. The van der Waals surface area contributed by atoms with Crippen molar-refractivity contribution in [3.8, 4) is 0 Å². The third kappa shape index (κ3) is 3.59. The van der Waals surface area contributed by atoms with Crippen LogP contribution in [0.3, 0.4) is 0 Å². The van der Waals surface area contributed by atoms with Crippen molar-refractivity contribution in [2.24, 2.45) is 5.73 Å². The molecule has 0 aliphatic carbocycles. The van der Waals surface area contributed by atoms with Crippen LogP contribution in [0, 0.1) is 0 Å². The SMILES string of the molecule is CC/C=C(\OC)c1ccc(NCCN)cc1. The molecule has 1 aromatic rings. The van der Waals surface area contributed by atoms with Crippen LogP contribution in [0.15, 0.2) is 30.3 Å². The first-order chi connectivity index (χ1) is 7.81. The van der Waals surface area contributed by atoms with E-state index in [0.29, 0.717) is 6.54 Å². The van der Waals surface area contributed by atoms with Gasteiger partial charge in [-0.3, -0.25) is 0 Å². The zero-order chi connectivity index (χ0) is 11.8. The molecule has 0 saturated carbocycles. The summed E-state index contributed by atoms with van der Waals surface area (Å²) in [5.74, 6) is 0.924. The summed E-state index contributed by atoms with van der Waals surface area (Å²) in [6.45, 7) is 3.53. The van der Waals surface area contributed by atoms with Crippen LogP contribution in [0.2, 0.25) is 0 Å². The molecule has 3 nitrogen and oxygen atoms in total. The van der Waals surface area contributed by atoms with Crippen molar-refractivity contribution in [1.29, 1.82) is 0 Å². The summed E-state index contributed by atoms with van der Waals surface area (Å²) in [6.07, 6.45) is 3.04. The molecule has 0 amide bonds. The molecule has 3 N–H and O–H groups in total. The van der Waals surface area contributed by atoms with Gasteiger partial charge in [-0.15, -0.1) is 0 Å². The van der Waals surface area contributed by atoms with E-state index in [1.54, 1.807) is 7.11 Å². The summed E-state index contributed by atoms with van der Waals surface area (Å²) >= 11 is 0. The summed E-state index contributed by atoms with van der Waals surface area (Å²) in [7, 11) is 1.70. The standard InChI is InChI=1S/C13H20N2O/c1-3-4-13(16-2)11-5-7-12(8-6-11)15-10-9-14/h4-8,15H,3,9-10,14H2,1-2H3/b13-4-. The smallest absolute Gasteiger partial charge is 0.122 e. The highest BCUT2D eigenvalue weighted by Crippen LogP contribution is 2.18. The van der Waals surface area contributed by atoms with Crippen LogP contribution in [0.1, 0.15) is 18.9 Å². The first kappa shape index (κ1) is 12.6. The topological polar surface area (TPSA) is 47.3 Å². The van der Waals surface area contributed by atoms with Gasteiger partial charge in [-0.2, -0.15) is 0 Å². The Hall–Kier alpha value is -1.48. The fourth-order valence-corrected chi connectivity index (χ4v) is 1.47. The monoisotopic (exact) mass is 220 g/mol. The normalized spacial score (nSPS) is 11.3. The van der Waals surface area contributed by atoms with Crippen LogP contribution in [0.4, 0.5) is 5.69 Å². The van der Waals surface area contributed by atoms with Gasteiger partial charge in [-0.05, 0) is 36.8 Å². The molecule has 0 atom stereocenters. The van der Waals surface area contributed by atoms with E-state index in [-0.39, 0.29) is 0 Å². The quantitative estimate of drug-likeness (QED) is 0.724. The Morgan fingerprint density at radius 3 is 2.56 bits per heavy atom. The Labute approximate surface area is 97.3 Å². The number of allylic oxidation sites excluding steroid dienone is 1. The molecule has 1 aromatic carbocycles. The van der Waals surface area contributed by atoms with Gasteiger partial charge in [-0.1, -0.05) is 6.92 Å². The van der Waals surface area contributed by atoms with E-state index in [2.05, 4.69) is 18.3 Å². The predicted octanol–water partition coefficient (Wildman–Crippen LogP) is 2.45. The van der Waals surface area contributed by atoms with Crippen molar-refractivity contribution in [3.63, 3.8) is 0 Å². The lowest BCUT2D eigenvalue weighted by Crippen LogP contribution is -2.12. The molecule has 0 spiro atoms. The molecular formula is C13H20N2O. The second kappa shape index (κ2) is 6.90. The number of methoxy groups -OCH3 is 1. The van der Waals surface area contributed by atoms with Crippen LogP contribution >= 0.6 is 0 Å². The lowest BCUT2D eigenvalue weighted by Gasteiger charge is -2.08. The fourth-order valence-electron chi connectivity index (χ4n) is 1.47. The van der Waals surface area contributed by atoms with E-state index in [0.717, 1.165) is 30.0 Å². The number of nitrogens with two attached hydrogens (primary N) is 1. The molecule has 88 valence electrons. The minimum absolute atomic E-state index is 0.640. The summed E-state index contributed by atoms with van der Waals surface area (Å²) < 4.78 is 5.32. The maximum atomic E-state index is 5.42. The van der Waals surface area contributed by atoms with E-state index in [1.807, 2.05) is 24.3 Å². The van der Waals surface area contributed by atoms with Crippen LogP contribution in [0.25, 0.3) is 5.76 Å². The molecule has 3 heteroatoms. The van der Waals surface area contributed by atoms with Crippen molar-refractivity contribution in [1.82, 2.24) is 0 Å². The van der Waals surface area contributed by atoms with Crippen molar-refractivity contribution in [2.75, 3.05) is 25.5 Å². The molecule has 0 aromatic heterocycles. The number of rotatable bonds is 6. The maximum Gasteiger partial charge on any atom is 0.122 e. The molecule has 0 aliphatic rings. The molecule has 0 bridgehead atoms. The highest BCUT2D eigenvalue weighted by molar-refractivity contribution is 5.62. The molecule has 0 radical (unpaired) electrons. The molecular weight excluding hydrogens is 200 g/mol. The lowest BCUT2D eigenvalue weighted by molar-refractivity contribution is 0.369. The Kier molecular flexibility index (Phi) is 5.43. The number of hydrogen-bond acceptors (Lipinski definition) is 3. The van der Waals surface area contributed by atoms with Gasteiger partial charge in [-0.25, -0.2) is 0 Å². The summed E-state index contributed by atoms with van der Waals surface area (Å²) in [5, 5.41) is 3.23. The third-order valence-corrected chi connectivity index (χ3v) is 2.25. The number of nitrogens with one attached hydrogen (secondary N) is 1. The average Bonchev–Trinajstić information content (AvgIpc) is 2.34. The van der Waals surface area contributed by atoms with Crippen molar-refractivity contribution >= 4 is 11.4 Å². The lowest BCUT2D eigenvalue weighted by atomic mass is 10.1. The first-order valence-electron chi connectivity index (χ1n) is 5.60. The Balaban J connectivity index is 2.73. The molecule has 0 aliphatic heterocycles. The van der Waals surface area contributed by atoms with Crippen LogP contribution in [0.5, 0.6) is 0 Å². The molecule has 1 rings (SSSR count). The Bertz CT molecular complexity index is 330. The van der Waals surface area contributed by atoms with Crippen LogP contribution < -0.4 is 11.1 Å².